The molecule has 0 radical (unpaired) electrons. The predicted molar refractivity (Wildman–Crippen MR) is 111 cm³/mol. The maximum absolute atomic E-state index is 5.85. The van der Waals surface area contributed by atoms with E-state index in [4.69, 9.17) is 4.74 Å². The van der Waals surface area contributed by atoms with Gasteiger partial charge in [-0.2, -0.15) is 0 Å². The van der Waals surface area contributed by atoms with Crippen LogP contribution in [0.1, 0.15) is 19.8 Å². The number of hydrogen-bond acceptors (Lipinski definition) is 4. The van der Waals surface area contributed by atoms with E-state index in [2.05, 4.69) is 67.7 Å². The van der Waals surface area contributed by atoms with E-state index in [0.717, 1.165) is 42.8 Å². The third kappa shape index (κ3) is 4.16. The Balaban J connectivity index is 1.82. The molecule has 0 bridgehead atoms. The minimum Gasteiger partial charge on any atom is -0.356 e. The Morgan fingerprint density at radius 1 is 1.38 bits per heavy atom. The van der Waals surface area contributed by atoms with E-state index in [9.17, 15) is 0 Å². The number of anilines is 1. The highest BCUT2D eigenvalue weighted by Gasteiger charge is 2.22. The molecule has 0 aliphatic carbocycles. The second-order valence-corrected chi connectivity index (χ2v) is 10.3. The first-order valence-corrected chi connectivity index (χ1v) is 11.7. The fourth-order valence-corrected chi connectivity index (χ4v) is 4.44. The summed E-state index contributed by atoms with van der Waals surface area (Å²) < 4.78 is 9.16. The highest BCUT2D eigenvalue weighted by Crippen LogP contribution is 2.31. The van der Waals surface area contributed by atoms with Gasteiger partial charge in [0.05, 0.1) is 24.5 Å². The van der Waals surface area contributed by atoms with Gasteiger partial charge in [0.15, 0.2) is 0 Å². The molecule has 1 aliphatic heterocycles. The van der Waals surface area contributed by atoms with Crippen molar-refractivity contribution in [1.29, 1.82) is 0 Å². The number of hydrogen-bond donors (Lipinski definition) is 0. The van der Waals surface area contributed by atoms with E-state index < -0.39 is 0 Å². The number of piperidine rings is 1. The molecule has 0 amide bonds. The molecule has 0 spiro atoms. The van der Waals surface area contributed by atoms with Crippen LogP contribution in [0.4, 0.5) is 5.82 Å². The Labute approximate surface area is 160 Å². The first-order valence-electron chi connectivity index (χ1n) is 8.42. The van der Waals surface area contributed by atoms with Crippen molar-refractivity contribution in [3.8, 4) is 0 Å². The topological polar surface area (TPSA) is 43.2 Å². The van der Waals surface area contributed by atoms with Crippen LogP contribution in [0.2, 0.25) is 0 Å². The minimum atomic E-state index is 0.426. The Bertz CT molecular complexity index is 691. The molecule has 132 valence electrons. The lowest BCUT2D eigenvalue weighted by Gasteiger charge is -2.32. The van der Waals surface area contributed by atoms with Crippen LogP contribution in [0, 0.1) is 9.49 Å². The summed E-state index contributed by atoms with van der Waals surface area (Å²) in [6.45, 7) is 5.85. The van der Waals surface area contributed by atoms with Gasteiger partial charge in [-0.3, -0.25) is 0 Å². The van der Waals surface area contributed by atoms with Gasteiger partial charge in [-0.15, -0.1) is 0 Å². The van der Waals surface area contributed by atoms with E-state index in [1.54, 1.807) is 6.33 Å². The molecule has 1 saturated heterocycles. The minimum absolute atomic E-state index is 0.426. The zero-order chi connectivity index (χ0) is 17.1. The Morgan fingerprint density at radius 2 is 2.21 bits per heavy atom. The van der Waals surface area contributed by atoms with E-state index in [1.807, 2.05) is 0 Å². The van der Waals surface area contributed by atoms with Crippen LogP contribution in [0.25, 0.3) is 11.0 Å². The summed E-state index contributed by atoms with van der Waals surface area (Å²) in [5, 5.41) is 1.17. The van der Waals surface area contributed by atoms with Crippen LogP contribution in [0.5, 0.6) is 0 Å². The summed E-state index contributed by atoms with van der Waals surface area (Å²) in [7, 11) is 0.426. The molecule has 2 aromatic rings. The lowest BCUT2D eigenvalue weighted by atomic mass is 10.0. The summed E-state index contributed by atoms with van der Waals surface area (Å²) >= 11 is 2.40. The van der Waals surface area contributed by atoms with Crippen molar-refractivity contribution < 1.29 is 4.74 Å². The SMILES string of the molecule is C[C@H]1CCCN(c2ncnc3c2c(I)cn3COCC[S+](C)C)C1. The standard InChI is InChI=1S/C17H26IN4OS/c1-13-5-4-6-21(9-13)16-15-14(18)10-22(17(15)20-11-19-16)12-23-7-8-24(2)3/h10-11,13H,4-9,12H2,1-3H3/q+1/t13-/m0/s1. The molecule has 0 N–H and O–H groups in total. The lowest BCUT2D eigenvalue weighted by molar-refractivity contribution is 0.0923. The molecule has 2 aromatic heterocycles. The van der Waals surface area contributed by atoms with Crippen LogP contribution >= 0.6 is 22.6 Å². The Kier molecular flexibility index (Phi) is 6.26. The zero-order valence-corrected chi connectivity index (χ0v) is 17.6. The monoisotopic (exact) mass is 461 g/mol. The second kappa shape index (κ2) is 8.23. The quantitative estimate of drug-likeness (QED) is 0.377. The molecule has 0 saturated carbocycles. The molecule has 1 aliphatic rings. The van der Waals surface area contributed by atoms with E-state index in [1.165, 1.54) is 21.8 Å². The van der Waals surface area contributed by atoms with Crippen molar-refractivity contribution in [2.24, 2.45) is 5.92 Å². The smallest absolute Gasteiger partial charge is 0.148 e. The van der Waals surface area contributed by atoms with Gasteiger partial charge in [-0.25, -0.2) is 9.97 Å². The summed E-state index contributed by atoms with van der Waals surface area (Å²) in [6.07, 6.45) is 10.9. The molecule has 3 rings (SSSR count). The molecule has 3 heterocycles. The van der Waals surface area contributed by atoms with Crippen LogP contribution < -0.4 is 4.90 Å². The maximum Gasteiger partial charge on any atom is 0.148 e. The average Bonchev–Trinajstić information content (AvgIpc) is 2.88. The van der Waals surface area contributed by atoms with Crippen molar-refractivity contribution in [1.82, 2.24) is 14.5 Å². The summed E-state index contributed by atoms with van der Waals surface area (Å²) in [6, 6.07) is 0. The number of nitrogens with zero attached hydrogens (tertiary/aromatic N) is 4. The summed E-state index contributed by atoms with van der Waals surface area (Å²) in [5.74, 6) is 2.92. The van der Waals surface area contributed by atoms with Gasteiger partial charge in [0.1, 0.15) is 30.3 Å². The number of halogens is 1. The van der Waals surface area contributed by atoms with Crippen molar-refractivity contribution in [2.75, 3.05) is 42.9 Å². The fraction of sp³-hybridized carbons (Fsp3) is 0.647. The largest absolute Gasteiger partial charge is 0.356 e. The van der Waals surface area contributed by atoms with E-state index in [-0.39, 0.29) is 0 Å². The van der Waals surface area contributed by atoms with Crippen molar-refractivity contribution in [3.63, 3.8) is 0 Å². The maximum atomic E-state index is 5.85. The number of aromatic nitrogens is 3. The summed E-state index contributed by atoms with van der Waals surface area (Å²) in [4.78, 5) is 11.6. The van der Waals surface area contributed by atoms with Crippen LogP contribution in [-0.4, -0.2) is 52.5 Å². The molecule has 5 nitrogen and oxygen atoms in total. The Hall–Kier alpha value is -0.540. The zero-order valence-electron chi connectivity index (χ0n) is 14.7. The highest BCUT2D eigenvalue weighted by molar-refractivity contribution is 14.1. The number of fused-ring (bicyclic) bond motifs is 1. The number of rotatable bonds is 6. The molecule has 0 aromatic carbocycles. The molecular weight excluding hydrogens is 435 g/mol. The van der Waals surface area contributed by atoms with Gasteiger partial charge in [-0.1, -0.05) is 6.92 Å². The second-order valence-electron chi connectivity index (χ2n) is 6.76. The van der Waals surface area contributed by atoms with Gasteiger partial charge in [0, 0.05) is 22.9 Å². The van der Waals surface area contributed by atoms with E-state index in [0.29, 0.717) is 17.6 Å². The highest BCUT2D eigenvalue weighted by atomic mass is 127. The van der Waals surface area contributed by atoms with Crippen LogP contribution in [-0.2, 0) is 22.4 Å². The summed E-state index contributed by atoms with van der Waals surface area (Å²) in [5.41, 5.74) is 0.981. The number of ether oxygens (including phenoxy) is 1. The Morgan fingerprint density at radius 3 is 2.96 bits per heavy atom. The molecule has 0 unspecified atom stereocenters. The average molecular weight is 461 g/mol. The molecule has 7 heteroatoms. The molecular formula is C17H26IN4OS+. The van der Waals surface area contributed by atoms with Crippen LogP contribution in [0.15, 0.2) is 12.5 Å². The normalized spacial score (nSPS) is 18.7. The third-order valence-electron chi connectivity index (χ3n) is 4.41. The predicted octanol–water partition coefficient (Wildman–Crippen LogP) is 3.12. The first-order chi connectivity index (χ1) is 11.6. The first kappa shape index (κ1) is 18.3. The van der Waals surface area contributed by atoms with Crippen LogP contribution in [0.3, 0.4) is 0 Å². The molecule has 1 atom stereocenters. The van der Waals surface area contributed by atoms with Crippen molar-refractivity contribution >= 4 is 50.3 Å². The molecule has 24 heavy (non-hydrogen) atoms. The van der Waals surface area contributed by atoms with Crippen molar-refractivity contribution in [3.05, 3.63) is 16.1 Å². The van der Waals surface area contributed by atoms with Gasteiger partial charge in [0.25, 0.3) is 0 Å². The van der Waals surface area contributed by atoms with Crippen molar-refractivity contribution in [2.45, 2.75) is 26.5 Å². The molecule has 1 fully saturated rings. The van der Waals surface area contributed by atoms with E-state index >= 15 is 0 Å². The third-order valence-corrected chi connectivity index (χ3v) is 6.21. The lowest BCUT2D eigenvalue weighted by Crippen LogP contribution is -2.35. The van der Waals surface area contributed by atoms with Gasteiger partial charge < -0.3 is 14.2 Å². The fourth-order valence-electron chi connectivity index (χ4n) is 3.17. The van der Waals surface area contributed by atoms with Gasteiger partial charge in [-0.05, 0) is 52.2 Å². The van der Waals surface area contributed by atoms with Gasteiger partial charge in [0.2, 0.25) is 0 Å². The van der Waals surface area contributed by atoms with Gasteiger partial charge >= 0.3 is 0 Å².